The van der Waals surface area contributed by atoms with Gasteiger partial charge in [-0.1, -0.05) is 18.5 Å². The van der Waals surface area contributed by atoms with E-state index >= 15 is 0 Å². The fraction of sp³-hybridized carbons (Fsp3) is 0.462. The van der Waals surface area contributed by atoms with Crippen molar-refractivity contribution in [1.82, 2.24) is 10.3 Å². The number of hydrogen-bond acceptors (Lipinski definition) is 4. The highest BCUT2D eigenvalue weighted by molar-refractivity contribution is 6.31. The maximum atomic E-state index is 12.1. The zero-order valence-electron chi connectivity index (χ0n) is 11.2. The van der Waals surface area contributed by atoms with Gasteiger partial charge in [0.15, 0.2) is 6.61 Å². The molecular weight excluding hydrogens is 307 g/mol. The van der Waals surface area contributed by atoms with Gasteiger partial charge >= 0.3 is 6.18 Å². The van der Waals surface area contributed by atoms with Crippen LogP contribution >= 0.6 is 11.6 Å². The number of alkyl halides is 3. The highest BCUT2D eigenvalue weighted by atomic mass is 35.5. The first-order valence-corrected chi connectivity index (χ1v) is 6.69. The zero-order valence-corrected chi connectivity index (χ0v) is 12.0. The van der Waals surface area contributed by atoms with Crippen molar-refractivity contribution < 1.29 is 17.9 Å². The molecule has 0 saturated carbocycles. The van der Waals surface area contributed by atoms with Crippen molar-refractivity contribution in [3.63, 3.8) is 0 Å². The van der Waals surface area contributed by atoms with Gasteiger partial charge in [-0.25, -0.2) is 4.98 Å². The van der Waals surface area contributed by atoms with Crippen molar-refractivity contribution in [2.75, 3.05) is 6.61 Å². The zero-order chi connectivity index (χ0) is 15.6. The van der Waals surface area contributed by atoms with Crippen LogP contribution in [-0.4, -0.2) is 23.8 Å². The Morgan fingerprint density at radius 1 is 1.57 bits per heavy atom. The summed E-state index contributed by atoms with van der Waals surface area (Å²) in [5, 5.41) is 3.20. The summed E-state index contributed by atoms with van der Waals surface area (Å²) in [5.41, 5.74) is 7.27. The lowest BCUT2D eigenvalue weighted by molar-refractivity contribution is -0.154. The van der Waals surface area contributed by atoms with Gasteiger partial charge in [0.1, 0.15) is 5.02 Å². The number of pyridine rings is 1. The van der Waals surface area contributed by atoms with Gasteiger partial charge in [-0.3, -0.25) is 0 Å². The predicted octanol–water partition coefficient (Wildman–Crippen LogP) is 2.94. The van der Waals surface area contributed by atoms with E-state index in [2.05, 4.69) is 15.0 Å². The first kappa shape index (κ1) is 15.8. The third-order valence-corrected chi connectivity index (χ3v) is 3.54. The summed E-state index contributed by atoms with van der Waals surface area (Å²) in [6, 6.07) is 1.69. The molecule has 116 valence electrons. The van der Waals surface area contributed by atoms with Gasteiger partial charge in [0.25, 0.3) is 0 Å². The van der Waals surface area contributed by atoms with Gasteiger partial charge in [0.05, 0.1) is 0 Å². The average Bonchev–Trinajstić information content (AvgIpc) is 2.82. The van der Waals surface area contributed by atoms with Crippen LogP contribution in [0.1, 0.15) is 24.8 Å². The van der Waals surface area contributed by atoms with Crippen molar-refractivity contribution in [3.05, 3.63) is 34.7 Å². The minimum atomic E-state index is -4.42. The van der Waals surface area contributed by atoms with Gasteiger partial charge < -0.3 is 15.8 Å². The number of aromatic nitrogens is 1. The number of rotatable bonds is 4. The standard InChI is InChI=1S/C13H15ClF3N3O/c1-7(11-3-9(18)5-19-11)8-2-10(14)12(20-4-8)21-6-13(15,16)17/h2,4-5,7,11,19H,3,6,18H2,1H3. The monoisotopic (exact) mass is 321 g/mol. The van der Waals surface area contributed by atoms with E-state index in [0.717, 1.165) is 11.3 Å². The molecule has 0 amide bonds. The van der Waals surface area contributed by atoms with Crippen LogP contribution in [0.5, 0.6) is 5.88 Å². The summed E-state index contributed by atoms with van der Waals surface area (Å²) < 4.78 is 40.9. The Balaban J connectivity index is 2.05. The normalized spacial score (nSPS) is 19.9. The van der Waals surface area contributed by atoms with Crippen LogP contribution in [0.25, 0.3) is 0 Å². The Morgan fingerprint density at radius 2 is 2.29 bits per heavy atom. The van der Waals surface area contributed by atoms with Crippen molar-refractivity contribution >= 4 is 11.6 Å². The Morgan fingerprint density at radius 3 is 2.81 bits per heavy atom. The van der Waals surface area contributed by atoms with Crippen molar-refractivity contribution in [3.8, 4) is 5.88 Å². The third kappa shape index (κ3) is 4.17. The third-order valence-electron chi connectivity index (χ3n) is 3.27. The highest BCUT2D eigenvalue weighted by Crippen LogP contribution is 2.30. The summed E-state index contributed by atoms with van der Waals surface area (Å²) in [4.78, 5) is 3.86. The second-order valence-corrected chi connectivity index (χ2v) is 5.35. The topological polar surface area (TPSA) is 60.2 Å². The van der Waals surface area contributed by atoms with E-state index in [9.17, 15) is 13.2 Å². The van der Waals surface area contributed by atoms with E-state index in [4.69, 9.17) is 17.3 Å². The summed E-state index contributed by atoms with van der Waals surface area (Å²) in [7, 11) is 0. The van der Waals surface area contributed by atoms with E-state index < -0.39 is 12.8 Å². The summed E-state index contributed by atoms with van der Waals surface area (Å²) >= 11 is 5.92. The van der Waals surface area contributed by atoms with E-state index in [1.54, 1.807) is 12.3 Å². The van der Waals surface area contributed by atoms with Crippen LogP contribution in [0, 0.1) is 0 Å². The molecule has 1 aromatic heterocycles. The number of hydrogen-bond donors (Lipinski definition) is 2. The molecule has 0 aliphatic carbocycles. The van der Waals surface area contributed by atoms with Gasteiger partial charge in [-0.2, -0.15) is 13.2 Å². The predicted molar refractivity (Wildman–Crippen MR) is 73.0 cm³/mol. The smallest absolute Gasteiger partial charge is 0.422 e. The molecule has 1 aliphatic heterocycles. The Labute approximate surface area is 125 Å². The molecule has 2 unspecified atom stereocenters. The minimum Gasteiger partial charge on any atom is -0.467 e. The van der Waals surface area contributed by atoms with Gasteiger partial charge in [-0.15, -0.1) is 0 Å². The van der Waals surface area contributed by atoms with Crippen LogP contribution in [0.3, 0.4) is 0 Å². The molecule has 21 heavy (non-hydrogen) atoms. The van der Waals surface area contributed by atoms with Crippen LogP contribution in [-0.2, 0) is 0 Å². The second kappa shape index (κ2) is 6.01. The molecule has 0 bridgehead atoms. The lowest BCUT2D eigenvalue weighted by Crippen LogP contribution is -2.26. The van der Waals surface area contributed by atoms with E-state index in [1.165, 1.54) is 6.20 Å². The number of ether oxygens (including phenoxy) is 1. The maximum Gasteiger partial charge on any atom is 0.422 e. The van der Waals surface area contributed by atoms with Crippen molar-refractivity contribution in [2.45, 2.75) is 31.5 Å². The molecule has 1 aromatic rings. The second-order valence-electron chi connectivity index (χ2n) is 4.94. The molecule has 0 radical (unpaired) electrons. The summed E-state index contributed by atoms with van der Waals surface area (Å²) in [6.07, 6.45) is -0.505. The fourth-order valence-corrected chi connectivity index (χ4v) is 2.31. The quantitative estimate of drug-likeness (QED) is 0.895. The molecule has 0 aromatic carbocycles. The van der Waals surface area contributed by atoms with Crippen LogP contribution in [0.2, 0.25) is 5.02 Å². The van der Waals surface area contributed by atoms with Crippen LogP contribution in [0.15, 0.2) is 24.2 Å². The van der Waals surface area contributed by atoms with E-state index in [1.807, 2.05) is 6.92 Å². The Hall–Kier alpha value is -1.63. The van der Waals surface area contributed by atoms with Crippen molar-refractivity contribution in [2.24, 2.45) is 5.73 Å². The first-order chi connectivity index (χ1) is 9.76. The molecule has 4 nitrogen and oxygen atoms in total. The van der Waals surface area contributed by atoms with Crippen LogP contribution in [0.4, 0.5) is 13.2 Å². The van der Waals surface area contributed by atoms with E-state index in [0.29, 0.717) is 6.42 Å². The molecule has 0 fully saturated rings. The molecule has 0 spiro atoms. The number of nitrogens with zero attached hydrogens (tertiary/aromatic N) is 1. The lowest BCUT2D eigenvalue weighted by Gasteiger charge is -2.20. The number of nitrogens with one attached hydrogen (secondary N) is 1. The fourth-order valence-electron chi connectivity index (χ4n) is 2.08. The van der Waals surface area contributed by atoms with Gasteiger partial charge in [0, 0.05) is 36.5 Å². The van der Waals surface area contributed by atoms with Gasteiger partial charge in [-0.05, 0) is 11.6 Å². The van der Waals surface area contributed by atoms with Gasteiger partial charge in [0.2, 0.25) is 5.88 Å². The number of nitrogens with two attached hydrogens (primary N) is 1. The average molecular weight is 322 g/mol. The Bertz CT molecular complexity index is 548. The molecule has 1 aliphatic rings. The van der Waals surface area contributed by atoms with Crippen LogP contribution < -0.4 is 15.8 Å². The van der Waals surface area contributed by atoms with Crippen molar-refractivity contribution in [1.29, 1.82) is 0 Å². The molecule has 8 heteroatoms. The lowest BCUT2D eigenvalue weighted by atomic mass is 9.93. The first-order valence-electron chi connectivity index (χ1n) is 6.32. The minimum absolute atomic E-state index is 0.0579. The summed E-state index contributed by atoms with van der Waals surface area (Å²) in [5.74, 6) is -0.161. The number of halogens is 4. The van der Waals surface area contributed by atoms with E-state index in [-0.39, 0.29) is 22.9 Å². The molecule has 0 saturated heterocycles. The Kier molecular flexibility index (Phi) is 4.51. The maximum absolute atomic E-state index is 12.1. The largest absolute Gasteiger partial charge is 0.467 e. The highest BCUT2D eigenvalue weighted by Gasteiger charge is 2.29. The SMILES string of the molecule is CC(c1cnc(OCC(F)(F)F)c(Cl)c1)C1CC(N)=CN1. The summed E-state index contributed by atoms with van der Waals surface area (Å²) in [6.45, 7) is 0.549. The molecule has 3 N–H and O–H groups in total. The molecule has 2 rings (SSSR count). The molecular formula is C13H15ClF3N3O. The molecule has 2 atom stereocenters. The molecule has 2 heterocycles.